The number of likely N-dealkylation sites (tertiary alicyclic amines) is 1. The molecule has 1 aromatic carbocycles. The summed E-state index contributed by atoms with van der Waals surface area (Å²) >= 11 is 0. The van der Waals surface area contributed by atoms with E-state index in [9.17, 15) is 9.18 Å². The lowest BCUT2D eigenvalue weighted by atomic mass is 9.84. The topological polar surface area (TPSA) is 71.0 Å². The minimum atomic E-state index is -0.321. The number of nitrogens with one attached hydrogen (secondary N) is 1. The maximum absolute atomic E-state index is 13.7. The molecule has 1 amide bonds. The Kier molecular flexibility index (Phi) is 5.67. The lowest BCUT2D eigenvalue weighted by Gasteiger charge is -2.44. The van der Waals surface area contributed by atoms with Crippen LogP contribution in [0.2, 0.25) is 0 Å². The summed E-state index contributed by atoms with van der Waals surface area (Å²) in [7, 11) is 0. The molecule has 6 nitrogen and oxygen atoms in total. The molecule has 1 unspecified atom stereocenters. The Labute approximate surface area is 181 Å². The summed E-state index contributed by atoms with van der Waals surface area (Å²) in [6, 6.07) is 11.9. The van der Waals surface area contributed by atoms with E-state index in [-0.39, 0.29) is 23.2 Å². The van der Waals surface area contributed by atoms with Crippen molar-refractivity contribution in [2.75, 3.05) is 11.9 Å². The van der Waals surface area contributed by atoms with E-state index >= 15 is 0 Å². The van der Waals surface area contributed by atoms with Crippen LogP contribution in [0.25, 0.3) is 11.3 Å². The second-order valence-electron chi connectivity index (χ2n) is 8.55. The number of nitrogens with zero attached hydrogens (tertiary/aromatic N) is 4. The second kappa shape index (κ2) is 8.41. The normalized spacial score (nSPS) is 17.9. The summed E-state index contributed by atoms with van der Waals surface area (Å²) in [5.74, 6) is 0.992. The number of benzene rings is 1. The first-order chi connectivity index (χ1) is 14.8. The molecule has 31 heavy (non-hydrogen) atoms. The van der Waals surface area contributed by atoms with Crippen LogP contribution in [0.4, 0.5) is 15.9 Å². The van der Waals surface area contributed by atoms with Crippen LogP contribution in [0, 0.1) is 5.82 Å². The van der Waals surface area contributed by atoms with Crippen molar-refractivity contribution in [3.05, 3.63) is 66.5 Å². The van der Waals surface area contributed by atoms with E-state index in [1.165, 1.54) is 12.1 Å². The number of halogens is 1. The number of carbonyl (C=O) groups excluding carboxylic acids is 1. The van der Waals surface area contributed by atoms with Gasteiger partial charge in [0.2, 0.25) is 5.91 Å². The van der Waals surface area contributed by atoms with E-state index in [4.69, 9.17) is 9.97 Å². The van der Waals surface area contributed by atoms with Crippen molar-refractivity contribution in [3.8, 4) is 11.3 Å². The highest BCUT2D eigenvalue weighted by molar-refractivity contribution is 5.74. The van der Waals surface area contributed by atoms with Gasteiger partial charge in [0, 0.05) is 54.6 Å². The zero-order chi connectivity index (χ0) is 22.0. The van der Waals surface area contributed by atoms with Crippen LogP contribution in [0.5, 0.6) is 0 Å². The highest BCUT2D eigenvalue weighted by Gasteiger charge is 2.37. The van der Waals surface area contributed by atoms with Crippen molar-refractivity contribution < 1.29 is 9.18 Å². The highest BCUT2D eigenvalue weighted by Crippen LogP contribution is 2.36. The van der Waals surface area contributed by atoms with Gasteiger partial charge in [-0.2, -0.15) is 0 Å². The molecule has 2 aromatic heterocycles. The molecular formula is C24H26FN5O. The van der Waals surface area contributed by atoms with Gasteiger partial charge in [-0.15, -0.1) is 0 Å². The van der Waals surface area contributed by atoms with Gasteiger partial charge in [-0.05, 0) is 57.0 Å². The SMILES string of the molecule is CC(=O)N1CC(c2nc(Nc3cccc(F)c3)cc(-c3cccnc3)n2)CCC1(C)C. The van der Waals surface area contributed by atoms with Crippen LogP contribution in [0.15, 0.2) is 54.9 Å². The van der Waals surface area contributed by atoms with Crippen LogP contribution < -0.4 is 5.32 Å². The molecule has 4 rings (SSSR count). The molecule has 160 valence electrons. The van der Waals surface area contributed by atoms with Crippen LogP contribution in [-0.4, -0.2) is 37.8 Å². The third-order valence-electron chi connectivity index (χ3n) is 5.78. The van der Waals surface area contributed by atoms with E-state index in [1.54, 1.807) is 31.5 Å². The summed E-state index contributed by atoms with van der Waals surface area (Å²) in [4.78, 5) is 27.9. The Morgan fingerprint density at radius 3 is 2.74 bits per heavy atom. The van der Waals surface area contributed by atoms with E-state index in [2.05, 4.69) is 24.1 Å². The molecule has 0 radical (unpaired) electrons. The number of carbonyl (C=O) groups is 1. The average Bonchev–Trinajstić information content (AvgIpc) is 2.74. The van der Waals surface area contributed by atoms with Crippen LogP contribution in [0.1, 0.15) is 45.4 Å². The summed E-state index contributed by atoms with van der Waals surface area (Å²) < 4.78 is 13.7. The minimum Gasteiger partial charge on any atom is -0.340 e. The number of anilines is 2. The summed E-state index contributed by atoms with van der Waals surface area (Å²) in [5, 5.41) is 3.19. The molecule has 1 saturated heterocycles. The first kappa shape index (κ1) is 20.9. The zero-order valence-corrected chi connectivity index (χ0v) is 18.0. The molecule has 3 heterocycles. The van der Waals surface area contributed by atoms with Crippen molar-refractivity contribution in [3.63, 3.8) is 0 Å². The average molecular weight is 420 g/mol. The van der Waals surface area contributed by atoms with Gasteiger partial charge in [-0.1, -0.05) is 6.07 Å². The zero-order valence-electron chi connectivity index (χ0n) is 18.0. The van der Waals surface area contributed by atoms with Crippen LogP contribution >= 0.6 is 0 Å². The van der Waals surface area contributed by atoms with Gasteiger partial charge in [0.05, 0.1) is 5.69 Å². The fourth-order valence-electron chi connectivity index (χ4n) is 4.08. The van der Waals surface area contributed by atoms with Crippen molar-refractivity contribution in [2.24, 2.45) is 0 Å². The molecule has 0 aliphatic carbocycles. The number of hydrogen-bond donors (Lipinski definition) is 1. The Hall–Kier alpha value is -3.35. The molecule has 1 N–H and O–H groups in total. The summed E-state index contributed by atoms with van der Waals surface area (Å²) in [6.45, 7) is 6.36. The van der Waals surface area contributed by atoms with E-state index in [0.29, 0.717) is 23.9 Å². The number of hydrogen-bond acceptors (Lipinski definition) is 5. The van der Waals surface area contributed by atoms with E-state index in [0.717, 1.165) is 24.1 Å². The molecule has 1 aliphatic rings. The number of rotatable bonds is 4. The van der Waals surface area contributed by atoms with Gasteiger partial charge < -0.3 is 10.2 Å². The fourth-order valence-corrected chi connectivity index (χ4v) is 4.08. The van der Waals surface area contributed by atoms with Gasteiger partial charge in [0.15, 0.2) is 0 Å². The number of pyridine rings is 1. The number of aromatic nitrogens is 3. The van der Waals surface area contributed by atoms with Crippen molar-refractivity contribution in [1.29, 1.82) is 0 Å². The molecule has 0 spiro atoms. The molecular weight excluding hydrogens is 393 g/mol. The first-order valence-corrected chi connectivity index (χ1v) is 10.4. The van der Waals surface area contributed by atoms with Crippen LogP contribution in [0.3, 0.4) is 0 Å². The van der Waals surface area contributed by atoms with Crippen molar-refractivity contribution >= 4 is 17.4 Å². The molecule has 1 fully saturated rings. The van der Waals surface area contributed by atoms with E-state index < -0.39 is 0 Å². The minimum absolute atomic E-state index is 0.0154. The van der Waals surface area contributed by atoms with Gasteiger partial charge in [-0.3, -0.25) is 9.78 Å². The molecule has 0 saturated carbocycles. The lowest BCUT2D eigenvalue weighted by molar-refractivity contribution is -0.136. The molecule has 3 aromatic rings. The monoisotopic (exact) mass is 419 g/mol. The quantitative estimate of drug-likeness (QED) is 0.650. The van der Waals surface area contributed by atoms with Gasteiger partial charge in [0.1, 0.15) is 17.5 Å². The standard InChI is InChI=1S/C24H26FN5O/c1-16(31)30-15-18(9-10-24(30,2)3)23-28-21(17-6-5-11-26-14-17)13-22(29-23)27-20-8-4-7-19(25)12-20/h4-8,11-14,18H,9-10,15H2,1-3H3,(H,27,28,29). The molecule has 1 aliphatic heterocycles. The Balaban J connectivity index is 1.72. The smallest absolute Gasteiger partial charge is 0.219 e. The van der Waals surface area contributed by atoms with Crippen molar-refractivity contribution in [2.45, 2.75) is 45.1 Å². The first-order valence-electron chi connectivity index (χ1n) is 10.4. The van der Waals surface area contributed by atoms with Gasteiger partial charge >= 0.3 is 0 Å². The fraction of sp³-hybridized carbons (Fsp3) is 0.333. The van der Waals surface area contributed by atoms with Gasteiger partial charge in [-0.25, -0.2) is 14.4 Å². The summed E-state index contributed by atoms with van der Waals surface area (Å²) in [5.41, 5.74) is 2.02. The highest BCUT2D eigenvalue weighted by atomic mass is 19.1. The largest absolute Gasteiger partial charge is 0.340 e. The predicted octanol–water partition coefficient (Wildman–Crippen LogP) is 4.93. The van der Waals surface area contributed by atoms with Crippen LogP contribution in [-0.2, 0) is 4.79 Å². The second-order valence-corrected chi connectivity index (χ2v) is 8.55. The summed E-state index contributed by atoms with van der Waals surface area (Å²) in [6.07, 6.45) is 5.21. The number of piperidine rings is 1. The third kappa shape index (κ3) is 4.71. The van der Waals surface area contributed by atoms with E-state index in [1.807, 2.05) is 23.1 Å². The van der Waals surface area contributed by atoms with Gasteiger partial charge in [0.25, 0.3) is 0 Å². The third-order valence-corrected chi connectivity index (χ3v) is 5.78. The lowest BCUT2D eigenvalue weighted by Crippen LogP contribution is -2.52. The molecule has 7 heteroatoms. The maximum atomic E-state index is 13.7. The Morgan fingerprint density at radius 2 is 2.03 bits per heavy atom. The maximum Gasteiger partial charge on any atom is 0.219 e. The number of amides is 1. The Morgan fingerprint density at radius 1 is 1.19 bits per heavy atom. The predicted molar refractivity (Wildman–Crippen MR) is 118 cm³/mol. The van der Waals surface area contributed by atoms with Crippen molar-refractivity contribution in [1.82, 2.24) is 19.9 Å². The Bertz CT molecular complexity index is 1090. The molecule has 1 atom stereocenters. The molecule has 0 bridgehead atoms.